The van der Waals surface area contributed by atoms with Crippen LogP contribution in [0, 0.1) is 69.5 Å². The number of nitrogens with zero attached hydrogens (tertiary/aromatic N) is 2. The maximum atomic E-state index is 14.5. The fraction of sp³-hybridized carbons (Fsp3) is 0.929. The van der Waals surface area contributed by atoms with Gasteiger partial charge in [-0.05, 0) is 143 Å². The highest BCUT2D eigenvalue weighted by molar-refractivity contribution is 5.84. The summed E-state index contributed by atoms with van der Waals surface area (Å²) in [7, 11) is 0. The maximum Gasteiger partial charge on any atom is 0.309 e. The number of esters is 1. The van der Waals surface area contributed by atoms with E-state index in [4.69, 9.17) is 4.74 Å². The Hall–Kier alpha value is -1.67. The molecule has 0 aromatic carbocycles. The lowest BCUT2D eigenvalue weighted by Crippen LogP contribution is -2.63. The number of carboxylic acids is 1. The fourth-order valence-corrected chi connectivity index (χ4v) is 14.3. The van der Waals surface area contributed by atoms with E-state index in [1.54, 1.807) is 0 Å². The monoisotopic (exact) mass is 696 g/mol. The lowest BCUT2D eigenvalue weighted by atomic mass is 9.37. The Balaban J connectivity index is 1.00. The standard InChI is InChI=1S/C42H69N3O5/c1-8-44-20-22-45(23-21-44)25-39(4,5)43-38(49)42-16-9-10-33(42)28-11-12-35-40(6)18-15-34(50-37(48)30-24-29(26(30)2)36(46)47)27(3)31(40)13-17-41(35,7)32(28)14-19-42/h26-35H,8-25H2,1-7H3,(H,43,49)(H,46,47)/t26?,27?,28?,29?,30?,31?,32?,33-,34?,35?,40?,41?,42?/m1/s1. The molecule has 13 atom stereocenters. The number of fused-ring (bicyclic) bond motifs is 7. The molecule has 50 heavy (non-hydrogen) atoms. The second-order valence-corrected chi connectivity index (χ2v) is 19.8. The van der Waals surface area contributed by atoms with Crippen molar-refractivity contribution < 1.29 is 24.2 Å². The van der Waals surface area contributed by atoms with Crippen LogP contribution in [0.15, 0.2) is 0 Å². The summed E-state index contributed by atoms with van der Waals surface area (Å²) in [6.07, 6.45) is 13.0. The van der Waals surface area contributed by atoms with Crippen molar-refractivity contribution >= 4 is 17.8 Å². The van der Waals surface area contributed by atoms with Crippen molar-refractivity contribution in [3.63, 3.8) is 0 Å². The average Bonchev–Trinajstić information content (AvgIpc) is 3.51. The normalized spacial score (nSPS) is 46.4. The quantitative estimate of drug-likeness (QED) is 0.268. The minimum Gasteiger partial charge on any atom is -0.481 e. The summed E-state index contributed by atoms with van der Waals surface area (Å²) in [6.45, 7) is 22.6. The number of rotatable bonds is 8. The van der Waals surface area contributed by atoms with Gasteiger partial charge in [0.2, 0.25) is 5.91 Å². The Bertz CT molecular complexity index is 1310. The van der Waals surface area contributed by atoms with Gasteiger partial charge in [-0.2, -0.15) is 0 Å². The second-order valence-electron chi connectivity index (χ2n) is 19.8. The molecule has 1 heterocycles. The predicted molar refractivity (Wildman–Crippen MR) is 195 cm³/mol. The lowest BCUT2D eigenvalue weighted by molar-refractivity contribution is -0.205. The van der Waals surface area contributed by atoms with E-state index in [9.17, 15) is 19.5 Å². The fourth-order valence-electron chi connectivity index (χ4n) is 14.3. The second kappa shape index (κ2) is 13.3. The highest BCUT2D eigenvalue weighted by Crippen LogP contribution is 2.72. The molecule has 1 saturated heterocycles. The van der Waals surface area contributed by atoms with Gasteiger partial charge >= 0.3 is 11.9 Å². The van der Waals surface area contributed by atoms with Crippen LogP contribution in [0.1, 0.15) is 126 Å². The summed E-state index contributed by atoms with van der Waals surface area (Å²) in [6, 6.07) is 0. The van der Waals surface area contributed by atoms with Crippen LogP contribution < -0.4 is 5.32 Å². The molecule has 6 saturated carbocycles. The van der Waals surface area contributed by atoms with Gasteiger partial charge in [0.1, 0.15) is 6.10 Å². The first-order valence-corrected chi connectivity index (χ1v) is 20.8. The summed E-state index contributed by atoms with van der Waals surface area (Å²) >= 11 is 0. The molecule has 7 fully saturated rings. The van der Waals surface area contributed by atoms with Crippen molar-refractivity contribution in [3.05, 3.63) is 0 Å². The number of carbonyl (C=O) groups excluding carboxylic acids is 2. The van der Waals surface area contributed by atoms with Crippen molar-refractivity contribution in [2.75, 3.05) is 39.3 Å². The van der Waals surface area contributed by atoms with E-state index in [0.29, 0.717) is 53.3 Å². The van der Waals surface area contributed by atoms with Gasteiger partial charge < -0.3 is 20.1 Å². The molecule has 6 aliphatic carbocycles. The Morgan fingerprint density at radius 3 is 2.14 bits per heavy atom. The Morgan fingerprint density at radius 1 is 0.800 bits per heavy atom. The van der Waals surface area contributed by atoms with Crippen LogP contribution in [0.2, 0.25) is 0 Å². The van der Waals surface area contributed by atoms with E-state index in [1.807, 2.05) is 6.92 Å². The number of hydrogen-bond acceptors (Lipinski definition) is 6. The van der Waals surface area contributed by atoms with E-state index < -0.39 is 11.9 Å². The van der Waals surface area contributed by atoms with Gasteiger partial charge in [0.05, 0.1) is 17.3 Å². The molecule has 8 heteroatoms. The van der Waals surface area contributed by atoms with Crippen LogP contribution in [-0.4, -0.2) is 83.7 Å². The minimum atomic E-state index is -0.792. The number of carbonyl (C=O) groups is 3. The molecule has 282 valence electrons. The average molecular weight is 696 g/mol. The molecule has 8 nitrogen and oxygen atoms in total. The molecule has 0 bridgehead atoms. The number of carboxylic acid groups (broad SMARTS) is 1. The number of nitrogens with one attached hydrogen (secondary N) is 1. The summed E-state index contributed by atoms with van der Waals surface area (Å²) < 4.78 is 6.24. The van der Waals surface area contributed by atoms with Crippen LogP contribution in [-0.2, 0) is 19.1 Å². The van der Waals surface area contributed by atoms with Crippen molar-refractivity contribution in [1.82, 2.24) is 15.1 Å². The smallest absolute Gasteiger partial charge is 0.309 e. The first-order chi connectivity index (χ1) is 23.6. The largest absolute Gasteiger partial charge is 0.481 e. The topological polar surface area (TPSA) is 99.2 Å². The van der Waals surface area contributed by atoms with Crippen molar-refractivity contribution in [3.8, 4) is 0 Å². The van der Waals surface area contributed by atoms with E-state index in [1.165, 1.54) is 44.9 Å². The third-order valence-corrected chi connectivity index (χ3v) is 17.1. The minimum absolute atomic E-state index is 0.0603. The molecular formula is C42H69N3O5. The van der Waals surface area contributed by atoms with Gasteiger partial charge in [0, 0.05) is 38.3 Å². The first kappa shape index (κ1) is 36.7. The van der Waals surface area contributed by atoms with Crippen LogP contribution in [0.4, 0.5) is 0 Å². The molecule has 7 aliphatic rings. The Labute approximate surface area is 302 Å². The van der Waals surface area contributed by atoms with Gasteiger partial charge in [-0.3, -0.25) is 19.3 Å². The van der Waals surface area contributed by atoms with Crippen molar-refractivity contribution in [1.29, 1.82) is 0 Å². The number of amides is 1. The summed E-state index contributed by atoms with van der Waals surface area (Å²) in [5.41, 5.74) is 0.118. The zero-order valence-electron chi connectivity index (χ0n) is 32.5. The van der Waals surface area contributed by atoms with Crippen molar-refractivity contribution in [2.45, 2.75) is 137 Å². The molecule has 1 aliphatic heterocycles. The SMILES string of the molecule is CCN1CCN(CC(C)(C)NC(=O)C23CCC[C@@H]2C2CCC4C5(C)CCC(OC(=O)C6CC(C(=O)O)C6C)C(C)C5CCC4(C)C2CC3)CC1. The first-order valence-electron chi connectivity index (χ1n) is 20.8. The van der Waals surface area contributed by atoms with E-state index in [2.05, 4.69) is 56.7 Å². The number of aliphatic carboxylic acids is 1. The van der Waals surface area contributed by atoms with Gasteiger partial charge in [-0.15, -0.1) is 0 Å². The lowest BCUT2D eigenvalue weighted by Gasteiger charge is -2.67. The summed E-state index contributed by atoms with van der Waals surface area (Å²) in [5, 5.41) is 13.1. The highest BCUT2D eigenvalue weighted by atomic mass is 16.5. The number of hydrogen-bond donors (Lipinski definition) is 2. The maximum absolute atomic E-state index is 14.5. The number of likely N-dealkylation sites (N-methyl/N-ethyl adjacent to an activating group) is 1. The van der Waals surface area contributed by atoms with Crippen LogP contribution in [0.5, 0.6) is 0 Å². The Kier molecular flexibility index (Phi) is 9.77. The number of ether oxygens (including phenoxy) is 1. The molecule has 0 radical (unpaired) electrons. The summed E-state index contributed by atoms with van der Waals surface area (Å²) in [4.78, 5) is 44.3. The van der Waals surface area contributed by atoms with Gasteiger partial charge in [0.25, 0.3) is 0 Å². The van der Waals surface area contributed by atoms with Crippen LogP contribution >= 0.6 is 0 Å². The predicted octanol–water partition coefficient (Wildman–Crippen LogP) is 6.86. The highest BCUT2D eigenvalue weighted by Gasteiger charge is 2.66. The molecule has 0 aromatic heterocycles. The molecule has 0 spiro atoms. The molecule has 0 aromatic rings. The molecule has 2 N–H and O–H groups in total. The molecule has 7 rings (SSSR count). The van der Waals surface area contributed by atoms with Gasteiger partial charge in [-0.1, -0.05) is 41.0 Å². The number of piperazine rings is 1. The third-order valence-electron chi connectivity index (χ3n) is 17.1. The third kappa shape index (κ3) is 5.97. The van der Waals surface area contributed by atoms with Crippen LogP contribution in [0.3, 0.4) is 0 Å². The molecule has 1 amide bonds. The van der Waals surface area contributed by atoms with E-state index in [0.717, 1.165) is 65.0 Å². The van der Waals surface area contributed by atoms with Crippen LogP contribution in [0.25, 0.3) is 0 Å². The molecular weight excluding hydrogens is 626 g/mol. The Morgan fingerprint density at radius 2 is 1.46 bits per heavy atom. The zero-order valence-corrected chi connectivity index (χ0v) is 32.5. The van der Waals surface area contributed by atoms with Gasteiger partial charge in [-0.25, -0.2) is 0 Å². The zero-order chi connectivity index (χ0) is 35.8. The summed E-state index contributed by atoms with van der Waals surface area (Å²) in [5.74, 6) is 1.95. The van der Waals surface area contributed by atoms with Gasteiger partial charge in [0.15, 0.2) is 0 Å². The van der Waals surface area contributed by atoms with Crippen molar-refractivity contribution in [2.24, 2.45) is 69.5 Å². The van der Waals surface area contributed by atoms with E-state index in [-0.39, 0.29) is 40.3 Å². The van der Waals surface area contributed by atoms with E-state index >= 15 is 0 Å². The molecule has 12 unspecified atom stereocenters.